The van der Waals surface area contributed by atoms with Crippen LogP contribution >= 0.6 is 0 Å². The Labute approximate surface area is 207 Å². The summed E-state index contributed by atoms with van der Waals surface area (Å²) >= 11 is 0. The number of amides is 3. The van der Waals surface area contributed by atoms with Crippen molar-refractivity contribution >= 4 is 35.0 Å². The summed E-state index contributed by atoms with van der Waals surface area (Å²) in [5.41, 5.74) is 6.55. The third-order valence-corrected chi connectivity index (χ3v) is 6.40. The molecular weight excluding hydrogens is 460 g/mol. The molecule has 3 N–H and O–H groups in total. The molecule has 0 bridgehead atoms. The van der Waals surface area contributed by atoms with E-state index in [1.807, 2.05) is 18.2 Å². The summed E-state index contributed by atoms with van der Waals surface area (Å²) in [7, 11) is 1.72. The van der Waals surface area contributed by atoms with Crippen LogP contribution in [0.4, 0.5) is 17.3 Å². The Kier molecular flexibility index (Phi) is 5.73. The van der Waals surface area contributed by atoms with E-state index in [0.29, 0.717) is 34.5 Å². The lowest BCUT2D eigenvalue weighted by molar-refractivity contribution is -0.130. The van der Waals surface area contributed by atoms with Crippen molar-refractivity contribution in [1.82, 2.24) is 19.6 Å². The quantitative estimate of drug-likeness (QED) is 0.388. The molecule has 1 unspecified atom stereocenters. The first-order valence-electron chi connectivity index (χ1n) is 11.5. The van der Waals surface area contributed by atoms with E-state index in [2.05, 4.69) is 15.3 Å². The van der Waals surface area contributed by atoms with Gasteiger partial charge in [0.05, 0.1) is 18.9 Å². The number of hydrogen-bond acceptors (Lipinski definition) is 7. The number of hydrogen-bond donors (Lipinski definition) is 2. The van der Waals surface area contributed by atoms with Crippen LogP contribution in [0, 0.1) is 5.92 Å². The van der Waals surface area contributed by atoms with Gasteiger partial charge in [0.25, 0.3) is 11.7 Å². The number of ether oxygens (including phenoxy) is 1. The first-order valence-corrected chi connectivity index (χ1v) is 11.5. The molecule has 36 heavy (non-hydrogen) atoms. The average Bonchev–Trinajstić information content (AvgIpc) is 3.69. The number of benzene rings is 1. The number of carbonyl (C=O) groups is 3. The van der Waals surface area contributed by atoms with E-state index >= 15 is 0 Å². The van der Waals surface area contributed by atoms with Crippen LogP contribution in [0.2, 0.25) is 0 Å². The third kappa shape index (κ3) is 3.87. The second-order valence-electron chi connectivity index (χ2n) is 8.72. The van der Waals surface area contributed by atoms with Crippen LogP contribution in [-0.4, -0.2) is 39.7 Å². The molecule has 1 saturated carbocycles. The number of para-hydroxylation sites is 1. The number of aromatic nitrogens is 2. The molecule has 0 saturated heterocycles. The maximum absolute atomic E-state index is 13.7. The second-order valence-corrected chi connectivity index (χ2v) is 8.72. The van der Waals surface area contributed by atoms with Gasteiger partial charge in [-0.3, -0.25) is 9.59 Å². The summed E-state index contributed by atoms with van der Waals surface area (Å²) in [5.74, 6) is 0.413. The largest absolute Gasteiger partial charge is 0.456 e. The summed E-state index contributed by atoms with van der Waals surface area (Å²) < 4.78 is 5.48. The van der Waals surface area contributed by atoms with E-state index < -0.39 is 16.4 Å². The molecule has 5 rings (SSSR count). The molecule has 3 heterocycles. The number of rotatable bonds is 7. The molecule has 1 aliphatic heterocycles. The SMILES string of the molecule is CC1=C(C(N)=O)C(=O)[N+](c2ccccc2)(c2ccc(Oc3ccnc(NC(=O)C4CC4)c3)cn2)N1C. The lowest BCUT2D eigenvalue weighted by Crippen LogP contribution is -2.56. The Bertz CT molecular complexity index is 1390. The van der Waals surface area contributed by atoms with Crippen molar-refractivity contribution in [1.29, 1.82) is 0 Å². The van der Waals surface area contributed by atoms with Crippen molar-refractivity contribution < 1.29 is 19.1 Å². The molecular formula is C26H25N6O4+. The number of nitrogens with zero attached hydrogens (tertiary/aromatic N) is 4. The molecule has 1 atom stereocenters. The van der Waals surface area contributed by atoms with Gasteiger partial charge in [-0.2, -0.15) is 4.98 Å². The van der Waals surface area contributed by atoms with E-state index in [4.69, 9.17) is 10.5 Å². The van der Waals surface area contributed by atoms with E-state index in [1.165, 1.54) is 6.20 Å². The summed E-state index contributed by atoms with van der Waals surface area (Å²) in [6.45, 7) is 1.68. The maximum Gasteiger partial charge on any atom is 0.389 e. The van der Waals surface area contributed by atoms with Crippen molar-refractivity contribution in [3.8, 4) is 11.5 Å². The Morgan fingerprint density at radius 2 is 1.83 bits per heavy atom. The standard InChI is InChI=1S/C26H24N6O4/c1-16-23(24(27)33)26(35)32(31(16)2,18-6-4-3-5-7-18)22-11-10-20(15-29-22)36-19-12-13-28-21(14-19)30-25(34)17-8-9-17/h3-7,10-15,17H,8-9H2,1-2H3,(H2-,27,28,30,33,34)/p+1. The number of nitrogens with one attached hydrogen (secondary N) is 1. The fraction of sp³-hybridized carbons (Fsp3) is 0.192. The van der Waals surface area contributed by atoms with E-state index in [0.717, 1.165) is 12.8 Å². The fourth-order valence-electron chi connectivity index (χ4n) is 4.32. The molecule has 10 heteroatoms. The number of nitrogens with two attached hydrogens (primary N) is 1. The average molecular weight is 486 g/mol. The number of carbonyl (C=O) groups excluding carboxylic acids is 3. The van der Waals surface area contributed by atoms with Gasteiger partial charge >= 0.3 is 5.91 Å². The molecule has 2 aromatic heterocycles. The number of primary amides is 1. The Morgan fingerprint density at radius 3 is 2.44 bits per heavy atom. The highest BCUT2D eigenvalue weighted by Gasteiger charge is 2.57. The zero-order chi connectivity index (χ0) is 25.4. The minimum atomic E-state index is -0.789. The van der Waals surface area contributed by atoms with Gasteiger partial charge < -0.3 is 15.8 Å². The zero-order valence-electron chi connectivity index (χ0n) is 19.8. The summed E-state index contributed by atoms with van der Waals surface area (Å²) in [6.07, 6.45) is 4.85. The Balaban J connectivity index is 1.46. The van der Waals surface area contributed by atoms with Gasteiger partial charge in [-0.25, -0.2) is 14.8 Å². The lowest BCUT2D eigenvalue weighted by Gasteiger charge is -2.36. The molecule has 1 fully saturated rings. The van der Waals surface area contributed by atoms with Gasteiger partial charge in [0.1, 0.15) is 17.3 Å². The molecule has 3 amide bonds. The third-order valence-electron chi connectivity index (χ3n) is 6.40. The number of quaternary nitrogens is 1. The highest BCUT2D eigenvalue weighted by Crippen LogP contribution is 2.43. The monoisotopic (exact) mass is 485 g/mol. The van der Waals surface area contributed by atoms with Gasteiger partial charge in [0, 0.05) is 36.4 Å². The minimum Gasteiger partial charge on any atom is -0.456 e. The second kappa shape index (κ2) is 8.90. The van der Waals surface area contributed by atoms with Gasteiger partial charge in [-0.1, -0.05) is 22.8 Å². The maximum atomic E-state index is 13.7. The molecule has 0 radical (unpaired) electrons. The highest BCUT2D eigenvalue weighted by molar-refractivity contribution is 6.24. The van der Waals surface area contributed by atoms with Crippen LogP contribution in [0.1, 0.15) is 19.8 Å². The van der Waals surface area contributed by atoms with E-state index in [9.17, 15) is 14.4 Å². The Hall–Kier alpha value is -4.57. The molecule has 182 valence electrons. The van der Waals surface area contributed by atoms with E-state index in [1.54, 1.807) is 61.6 Å². The van der Waals surface area contributed by atoms with Crippen LogP contribution in [-0.2, 0) is 14.4 Å². The highest BCUT2D eigenvalue weighted by atomic mass is 16.5. The van der Waals surface area contributed by atoms with Gasteiger partial charge in [-0.05, 0) is 31.9 Å². The first kappa shape index (κ1) is 23.2. The van der Waals surface area contributed by atoms with Crippen molar-refractivity contribution in [3.63, 3.8) is 0 Å². The van der Waals surface area contributed by atoms with Gasteiger partial charge in [-0.15, -0.1) is 0 Å². The zero-order valence-corrected chi connectivity index (χ0v) is 19.8. The van der Waals surface area contributed by atoms with Crippen molar-refractivity contribution in [2.75, 3.05) is 12.4 Å². The smallest absolute Gasteiger partial charge is 0.389 e. The van der Waals surface area contributed by atoms with E-state index in [-0.39, 0.29) is 17.4 Å². The van der Waals surface area contributed by atoms with Gasteiger partial charge in [0.15, 0.2) is 11.3 Å². The molecule has 2 aliphatic rings. The Morgan fingerprint density at radius 1 is 1.08 bits per heavy atom. The fourth-order valence-corrected chi connectivity index (χ4v) is 4.32. The molecule has 10 nitrogen and oxygen atoms in total. The van der Waals surface area contributed by atoms with Crippen molar-refractivity contribution in [2.24, 2.45) is 11.7 Å². The number of allylic oxidation sites excluding steroid dienone is 1. The van der Waals surface area contributed by atoms with Crippen molar-refractivity contribution in [3.05, 3.63) is 78.3 Å². The number of anilines is 1. The number of pyridine rings is 2. The minimum absolute atomic E-state index is 0.0424. The van der Waals surface area contributed by atoms with Crippen LogP contribution in [0.5, 0.6) is 11.5 Å². The lowest BCUT2D eigenvalue weighted by atomic mass is 10.1. The topological polar surface area (TPSA) is 128 Å². The van der Waals surface area contributed by atoms with Crippen LogP contribution in [0.25, 0.3) is 0 Å². The molecule has 1 aliphatic carbocycles. The summed E-state index contributed by atoms with van der Waals surface area (Å²) in [4.78, 5) is 46.6. The summed E-state index contributed by atoms with van der Waals surface area (Å²) in [5, 5.41) is 4.47. The predicted molar refractivity (Wildman–Crippen MR) is 132 cm³/mol. The van der Waals surface area contributed by atoms with Crippen molar-refractivity contribution in [2.45, 2.75) is 19.8 Å². The normalized spacial score (nSPS) is 19.4. The molecule has 0 spiro atoms. The summed E-state index contributed by atoms with van der Waals surface area (Å²) in [6, 6.07) is 15.7. The first-order chi connectivity index (χ1) is 17.3. The van der Waals surface area contributed by atoms with Crippen LogP contribution in [0.3, 0.4) is 0 Å². The predicted octanol–water partition coefficient (Wildman–Crippen LogP) is 3.40. The van der Waals surface area contributed by atoms with Gasteiger partial charge in [0.2, 0.25) is 5.91 Å². The molecule has 1 aromatic carbocycles. The van der Waals surface area contributed by atoms with Crippen LogP contribution < -0.4 is 20.4 Å². The van der Waals surface area contributed by atoms with Crippen LogP contribution in [0.15, 0.2) is 78.3 Å². The molecule has 3 aromatic rings.